The Hall–Kier alpha value is -2.94. The Morgan fingerprint density at radius 3 is 2.59 bits per heavy atom. The third kappa shape index (κ3) is 4.62. The van der Waals surface area contributed by atoms with Gasteiger partial charge in [0.25, 0.3) is 5.91 Å². The molecule has 0 saturated carbocycles. The maximum Gasteiger partial charge on any atom is 0.416 e. The predicted octanol–water partition coefficient (Wildman–Crippen LogP) is 3.74. The third-order valence-electron chi connectivity index (χ3n) is 3.64. The number of anilines is 3. The van der Waals surface area contributed by atoms with Gasteiger partial charge in [-0.15, -0.1) is 0 Å². The molecule has 6 nitrogen and oxygen atoms in total. The molecule has 3 rings (SSSR count). The summed E-state index contributed by atoms with van der Waals surface area (Å²) in [6, 6.07) is 7.14. The van der Waals surface area contributed by atoms with Crippen LogP contribution < -0.4 is 20.7 Å². The Balaban J connectivity index is 1.60. The van der Waals surface area contributed by atoms with Gasteiger partial charge in [0.15, 0.2) is 6.61 Å². The largest absolute Gasteiger partial charge is 0.482 e. The number of alkyl halides is 3. The van der Waals surface area contributed by atoms with Gasteiger partial charge in [0, 0.05) is 11.8 Å². The van der Waals surface area contributed by atoms with E-state index < -0.39 is 17.6 Å². The Kier molecular flexibility index (Phi) is 5.13. The summed E-state index contributed by atoms with van der Waals surface area (Å²) in [6.45, 7) is -0.297. The van der Waals surface area contributed by atoms with Crippen molar-refractivity contribution >= 4 is 40.5 Å². The van der Waals surface area contributed by atoms with E-state index in [0.717, 1.165) is 12.1 Å². The molecule has 0 atom stereocenters. The first-order chi connectivity index (χ1) is 12.7. The van der Waals surface area contributed by atoms with Crippen LogP contribution in [0.5, 0.6) is 5.75 Å². The van der Waals surface area contributed by atoms with E-state index in [2.05, 4.69) is 16.0 Å². The summed E-state index contributed by atoms with van der Waals surface area (Å²) in [5, 5.41) is 8.16. The minimum absolute atomic E-state index is 0.123. The molecular weight excluding hydrogens is 387 g/mol. The van der Waals surface area contributed by atoms with E-state index in [0.29, 0.717) is 17.1 Å². The number of rotatable bonds is 4. The van der Waals surface area contributed by atoms with Crippen LogP contribution >= 0.6 is 11.6 Å². The second-order valence-electron chi connectivity index (χ2n) is 5.64. The molecule has 2 aromatic carbocycles. The number of ether oxygens (including phenoxy) is 1. The summed E-state index contributed by atoms with van der Waals surface area (Å²) in [5.41, 5.74) is 0.272. The van der Waals surface area contributed by atoms with Crippen molar-refractivity contribution in [2.24, 2.45) is 0 Å². The second kappa shape index (κ2) is 7.36. The number of carbonyl (C=O) groups is 2. The van der Waals surface area contributed by atoms with Gasteiger partial charge in [-0.25, -0.2) is 0 Å². The van der Waals surface area contributed by atoms with Gasteiger partial charge in [0.05, 0.1) is 28.5 Å². The first-order valence-corrected chi connectivity index (χ1v) is 8.07. The Labute approximate surface area is 156 Å². The average molecular weight is 400 g/mol. The van der Waals surface area contributed by atoms with Gasteiger partial charge in [-0.3, -0.25) is 9.59 Å². The fourth-order valence-electron chi connectivity index (χ4n) is 2.36. The smallest absolute Gasteiger partial charge is 0.416 e. The van der Waals surface area contributed by atoms with E-state index in [1.54, 1.807) is 6.07 Å². The molecule has 3 N–H and O–H groups in total. The van der Waals surface area contributed by atoms with Crippen molar-refractivity contribution < 1.29 is 27.5 Å². The van der Waals surface area contributed by atoms with E-state index in [4.69, 9.17) is 16.3 Å². The highest BCUT2D eigenvalue weighted by Gasteiger charge is 2.30. The van der Waals surface area contributed by atoms with Crippen LogP contribution in [-0.4, -0.2) is 25.0 Å². The molecule has 1 aliphatic rings. The molecule has 0 saturated heterocycles. The average Bonchev–Trinajstić information content (AvgIpc) is 2.59. The summed E-state index contributed by atoms with van der Waals surface area (Å²) in [7, 11) is 0. The van der Waals surface area contributed by atoms with E-state index in [-0.39, 0.29) is 29.8 Å². The number of benzene rings is 2. The molecule has 2 amide bonds. The van der Waals surface area contributed by atoms with Crippen molar-refractivity contribution in [3.05, 3.63) is 47.0 Å². The molecular formula is C17H13ClF3N3O3. The van der Waals surface area contributed by atoms with Crippen molar-refractivity contribution in [2.45, 2.75) is 6.18 Å². The number of nitrogens with one attached hydrogen (secondary N) is 3. The topological polar surface area (TPSA) is 79.5 Å². The third-order valence-corrected chi connectivity index (χ3v) is 3.95. The number of halogens is 4. The van der Waals surface area contributed by atoms with Gasteiger partial charge in [-0.2, -0.15) is 13.2 Å². The van der Waals surface area contributed by atoms with Crippen LogP contribution in [0, 0.1) is 0 Å². The van der Waals surface area contributed by atoms with E-state index in [1.165, 1.54) is 18.2 Å². The summed E-state index contributed by atoms with van der Waals surface area (Å²) in [5.74, 6) is -0.363. The summed E-state index contributed by atoms with van der Waals surface area (Å²) >= 11 is 6.11. The van der Waals surface area contributed by atoms with Gasteiger partial charge in [0.1, 0.15) is 5.75 Å². The van der Waals surface area contributed by atoms with E-state index >= 15 is 0 Å². The van der Waals surface area contributed by atoms with Gasteiger partial charge in [-0.05, 0) is 30.3 Å². The summed E-state index contributed by atoms with van der Waals surface area (Å²) in [4.78, 5) is 23.3. The molecule has 0 bridgehead atoms. The van der Waals surface area contributed by atoms with E-state index in [1.807, 2.05) is 0 Å². The zero-order valence-corrected chi connectivity index (χ0v) is 14.4. The first kappa shape index (κ1) is 18.8. The van der Waals surface area contributed by atoms with Crippen molar-refractivity contribution in [2.75, 3.05) is 29.1 Å². The molecule has 0 unspecified atom stereocenters. The lowest BCUT2D eigenvalue weighted by atomic mass is 10.2. The van der Waals surface area contributed by atoms with Crippen LogP contribution in [0.25, 0.3) is 0 Å². The Bertz CT molecular complexity index is 885. The maximum atomic E-state index is 12.5. The van der Waals surface area contributed by atoms with Crippen molar-refractivity contribution in [1.29, 1.82) is 0 Å². The highest BCUT2D eigenvalue weighted by Crippen LogP contribution is 2.36. The lowest BCUT2D eigenvalue weighted by molar-refractivity contribution is -0.137. The molecule has 0 radical (unpaired) electrons. The molecule has 0 aromatic heterocycles. The monoisotopic (exact) mass is 399 g/mol. The number of fused-ring (bicyclic) bond motifs is 1. The highest BCUT2D eigenvalue weighted by molar-refractivity contribution is 6.33. The van der Waals surface area contributed by atoms with Gasteiger partial charge >= 0.3 is 6.18 Å². The maximum absolute atomic E-state index is 12.5. The molecule has 1 heterocycles. The molecule has 142 valence electrons. The first-order valence-electron chi connectivity index (χ1n) is 7.69. The lowest BCUT2D eigenvalue weighted by Crippen LogP contribution is -2.26. The molecule has 27 heavy (non-hydrogen) atoms. The molecule has 0 spiro atoms. The standard InChI is InChI=1S/C17H13ClF3N3O3/c18-11-5-13-14(27-8-16(26)24-13)6-12(11)22-7-15(25)23-10-3-1-9(2-4-10)17(19,20)21/h1-6,22H,7-8H2,(H,23,25)(H,24,26). The molecule has 10 heteroatoms. The number of amides is 2. The van der Waals surface area contributed by atoms with Crippen molar-refractivity contribution in [1.82, 2.24) is 0 Å². The highest BCUT2D eigenvalue weighted by atomic mass is 35.5. The SMILES string of the molecule is O=C(CNc1cc2c(cc1Cl)NC(=O)CO2)Nc1ccc(C(F)(F)F)cc1. The van der Waals surface area contributed by atoms with Crippen LogP contribution in [0.2, 0.25) is 5.02 Å². The second-order valence-corrected chi connectivity index (χ2v) is 6.05. The number of carbonyl (C=O) groups excluding carboxylic acids is 2. The fraction of sp³-hybridized carbons (Fsp3) is 0.176. The molecule has 0 fully saturated rings. The minimum Gasteiger partial charge on any atom is -0.482 e. The Morgan fingerprint density at radius 1 is 1.22 bits per heavy atom. The normalized spacial score (nSPS) is 13.3. The van der Waals surface area contributed by atoms with Crippen LogP contribution in [0.1, 0.15) is 5.56 Å². The van der Waals surface area contributed by atoms with Crippen LogP contribution in [-0.2, 0) is 15.8 Å². The van der Waals surface area contributed by atoms with Gasteiger partial charge in [0.2, 0.25) is 5.91 Å². The minimum atomic E-state index is -4.44. The van der Waals surface area contributed by atoms with Gasteiger partial charge in [-0.1, -0.05) is 11.6 Å². The van der Waals surface area contributed by atoms with Crippen LogP contribution in [0.3, 0.4) is 0 Å². The van der Waals surface area contributed by atoms with Crippen molar-refractivity contribution in [3.8, 4) is 5.75 Å². The molecule has 0 aliphatic carbocycles. The fourth-order valence-corrected chi connectivity index (χ4v) is 2.59. The van der Waals surface area contributed by atoms with Crippen LogP contribution in [0.4, 0.5) is 30.2 Å². The molecule has 2 aromatic rings. The van der Waals surface area contributed by atoms with Crippen molar-refractivity contribution in [3.63, 3.8) is 0 Å². The summed E-state index contributed by atoms with van der Waals surface area (Å²) < 4.78 is 42.8. The van der Waals surface area contributed by atoms with E-state index in [9.17, 15) is 22.8 Å². The molecule has 1 aliphatic heterocycles. The summed E-state index contributed by atoms with van der Waals surface area (Å²) in [6.07, 6.45) is -4.44. The number of hydrogen-bond acceptors (Lipinski definition) is 4. The number of hydrogen-bond donors (Lipinski definition) is 3. The zero-order valence-electron chi connectivity index (χ0n) is 13.6. The quantitative estimate of drug-likeness (QED) is 0.731. The predicted molar refractivity (Wildman–Crippen MR) is 94.1 cm³/mol. The lowest BCUT2D eigenvalue weighted by Gasteiger charge is -2.20. The van der Waals surface area contributed by atoms with Crippen LogP contribution in [0.15, 0.2) is 36.4 Å². The van der Waals surface area contributed by atoms with Gasteiger partial charge < -0.3 is 20.7 Å². The Morgan fingerprint density at radius 2 is 1.93 bits per heavy atom. The zero-order chi connectivity index (χ0) is 19.6.